The highest BCUT2D eigenvalue weighted by Crippen LogP contribution is 2.34. The summed E-state index contributed by atoms with van der Waals surface area (Å²) < 4.78 is 0. The SMILES string of the molecule is CC(C)c1cnc(CN2CCC(c3ccc(CN4CCC(c5ccc6c(c5)CN(C5CCC(=O)NC5=O)C6=O)CC4)cc3)CC2)nc1. The van der Waals surface area contributed by atoms with Crippen molar-refractivity contribution in [3.63, 3.8) is 0 Å². The second-order valence-corrected chi connectivity index (χ2v) is 14.2. The van der Waals surface area contributed by atoms with Gasteiger partial charge in [0.1, 0.15) is 11.9 Å². The zero-order valence-electron chi connectivity index (χ0n) is 27.7. The van der Waals surface area contributed by atoms with Crippen LogP contribution in [0.4, 0.5) is 0 Å². The standard InChI is InChI=1S/C38H46N6O3/c1-25(2)32-20-39-35(40-21-32)24-43-17-11-28(12-18-43)27-5-3-26(4-6-27)22-42-15-13-29(14-16-42)30-7-8-33-31(19-30)23-44(38(33)47)34-9-10-36(45)41-37(34)46/h3-8,19-21,25,28-29,34H,9-18,22-24H2,1-2H3,(H,41,45,46). The molecule has 3 saturated heterocycles. The number of fused-ring (bicyclic) bond motifs is 1. The largest absolute Gasteiger partial charge is 0.322 e. The van der Waals surface area contributed by atoms with Gasteiger partial charge >= 0.3 is 0 Å². The molecule has 0 aliphatic carbocycles. The summed E-state index contributed by atoms with van der Waals surface area (Å²) in [6.45, 7) is 10.8. The number of likely N-dealkylation sites (tertiary alicyclic amines) is 2. The van der Waals surface area contributed by atoms with E-state index in [0.717, 1.165) is 63.5 Å². The van der Waals surface area contributed by atoms with E-state index in [-0.39, 0.29) is 24.1 Å². The molecule has 2 aromatic carbocycles. The molecule has 4 aliphatic rings. The first-order valence-corrected chi connectivity index (χ1v) is 17.4. The van der Waals surface area contributed by atoms with Crippen LogP contribution in [0.15, 0.2) is 54.9 Å². The van der Waals surface area contributed by atoms with Gasteiger partial charge in [-0.25, -0.2) is 9.97 Å². The van der Waals surface area contributed by atoms with Gasteiger partial charge in [-0.05, 0) is 110 Å². The predicted octanol–water partition coefficient (Wildman–Crippen LogP) is 5.12. The van der Waals surface area contributed by atoms with E-state index in [1.165, 1.54) is 35.1 Å². The van der Waals surface area contributed by atoms with Crippen molar-refractivity contribution in [1.29, 1.82) is 0 Å². The van der Waals surface area contributed by atoms with Crippen LogP contribution in [-0.2, 0) is 29.2 Å². The fraction of sp³-hybridized carbons (Fsp3) is 0.500. The predicted molar refractivity (Wildman–Crippen MR) is 180 cm³/mol. The summed E-state index contributed by atoms with van der Waals surface area (Å²) in [6, 6.07) is 15.0. The van der Waals surface area contributed by atoms with E-state index in [1.807, 2.05) is 18.5 Å². The maximum absolute atomic E-state index is 13.1. The van der Waals surface area contributed by atoms with Crippen LogP contribution in [-0.4, -0.2) is 74.6 Å². The Kier molecular flexibility index (Phi) is 9.19. The Labute approximate surface area is 277 Å². The molecule has 3 aromatic rings. The summed E-state index contributed by atoms with van der Waals surface area (Å²) >= 11 is 0. The Hall–Kier alpha value is -3.95. The maximum atomic E-state index is 13.1. The second-order valence-electron chi connectivity index (χ2n) is 14.2. The lowest BCUT2D eigenvalue weighted by atomic mass is 9.87. The van der Waals surface area contributed by atoms with E-state index in [0.29, 0.717) is 36.3 Å². The number of amides is 3. The van der Waals surface area contributed by atoms with Crippen molar-refractivity contribution < 1.29 is 14.4 Å². The van der Waals surface area contributed by atoms with Gasteiger partial charge in [0.05, 0.1) is 6.54 Å². The van der Waals surface area contributed by atoms with E-state index < -0.39 is 6.04 Å². The minimum atomic E-state index is -0.569. The zero-order valence-corrected chi connectivity index (χ0v) is 27.7. The first kappa shape index (κ1) is 31.6. The molecular weight excluding hydrogens is 588 g/mol. The Morgan fingerprint density at radius 2 is 1.40 bits per heavy atom. The number of carbonyl (C=O) groups excluding carboxylic acids is 3. The van der Waals surface area contributed by atoms with Gasteiger partial charge in [-0.3, -0.25) is 29.5 Å². The number of hydrogen-bond acceptors (Lipinski definition) is 7. The maximum Gasteiger partial charge on any atom is 0.255 e. The molecule has 0 saturated carbocycles. The smallest absolute Gasteiger partial charge is 0.255 e. The molecular formula is C38H46N6O3. The van der Waals surface area contributed by atoms with E-state index >= 15 is 0 Å². The number of aromatic nitrogens is 2. The monoisotopic (exact) mass is 634 g/mol. The molecule has 0 bridgehead atoms. The van der Waals surface area contributed by atoms with Crippen molar-refractivity contribution in [2.24, 2.45) is 0 Å². The fourth-order valence-electron chi connectivity index (χ4n) is 7.80. The van der Waals surface area contributed by atoms with Crippen LogP contribution in [0.25, 0.3) is 0 Å². The van der Waals surface area contributed by atoms with Crippen LogP contribution in [0, 0.1) is 0 Å². The highest BCUT2D eigenvalue weighted by atomic mass is 16.2. The van der Waals surface area contributed by atoms with Gasteiger partial charge < -0.3 is 4.90 Å². The summed E-state index contributed by atoms with van der Waals surface area (Å²) in [5.41, 5.74) is 6.99. The summed E-state index contributed by atoms with van der Waals surface area (Å²) in [5, 5.41) is 2.39. The van der Waals surface area contributed by atoms with Crippen molar-refractivity contribution in [2.45, 2.75) is 95.8 Å². The van der Waals surface area contributed by atoms with Crippen molar-refractivity contribution in [1.82, 2.24) is 30.0 Å². The quantitative estimate of drug-likeness (QED) is 0.344. The number of piperidine rings is 3. The molecule has 246 valence electrons. The van der Waals surface area contributed by atoms with Crippen molar-refractivity contribution in [2.75, 3.05) is 26.2 Å². The third-order valence-corrected chi connectivity index (χ3v) is 10.8. The summed E-state index contributed by atoms with van der Waals surface area (Å²) in [4.78, 5) is 52.9. The number of hydrogen-bond donors (Lipinski definition) is 1. The second kappa shape index (κ2) is 13.6. The van der Waals surface area contributed by atoms with E-state index in [9.17, 15) is 14.4 Å². The average molecular weight is 635 g/mol. The third kappa shape index (κ3) is 7.02. The van der Waals surface area contributed by atoms with Gasteiger partial charge in [-0.2, -0.15) is 0 Å². The number of carbonyl (C=O) groups is 3. The normalized spacial score (nSPS) is 21.8. The summed E-state index contributed by atoms with van der Waals surface area (Å²) in [6.07, 6.45) is 9.13. The number of benzene rings is 2. The molecule has 4 aliphatic heterocycles. The Bertz CT molecular complexity index is 1610. The number of imide groups is 1. The van der Waals surface area contributed by atoms with E-state index in [1.54, 1.807) is 4.90 Å². The average Bonchev–Trinajstić information content (AvgIpc) is 3.41. The highest BCUT2D eigenvalue weighted by Gasteiger charge is 2.39. The van der Waals surface area contributed by atoms with Gasteiger partial charge in [0.15, 0.2) is 0 Å². The lowest BCUT2D eigenvalue weighted by Gasteiger charge is -2.33. The van der Waals surface area contributed by atoms with Crippen LogP contribution >= 0.6 is 0 Å². The number of rotatable bonds is 8. The molecule has 1 aromatic heterocycles. The van der Waals surface area contributed by atoms with Gasteiger partial charge in [-0.15, -0.1) is 0 Å². The lowest BCUT2D eigenvalue weighted by molar-refractivity contribution is -0.136. The Morgan fingerprint density at radius 1 is 0.787 bits per heavy atom. The van der Waals surface area contributed by atoms with Crippen LogP contribution in [0.2, 0.25) is 0 Å². The third-order valence-electron chi connectivity index (χ3n) is 10.8. The van der Waals surface area contributed by atoms with Crippen LogP contribution in [0.3, 0.4) is 0 Å². The molecule has 7 rings (SSSR count). The lowest BCUT2D eigenvalue weighted by Crippen LogP contribution is -2.52. The van der Waals surface area contributed by atoms with E-state index in [4.69, 9.17) is 0 Å². The van der Waals surface area contributed by atoms with Gasteiger partial charge in [-0.1, -0.05) is 50.2 Å². The van der Waals surface area contributed by atoms with Crippen LogP contribution < -0.4 is 5.32 Å². The number of nitrogens with one attached hydrogen (secondary N) is 1. The molecule has 0 radical (unpaired) electrons. The number of nitrogens with zero attached hydrogens (tertiary/aromatic N) is 5. The van der Waals surface area contributed by atoms with Gasteiger partial charge in [0, 0.05) is 37.5 Å². The van der Waals surface area contributed by atoms with Crippen LogP contribution in [0.5, 0.6) is 0 Å². The molecule has 47 heavy (non-hydrogen) atoms. The van der Waals surface area contributed by atoms with Gasteiger partial charge in [0.25, 0.3) is 5.91 Å². The molecule has 9 heteroatoms. The molecule has 3 amide bonds. The van der Waals surface area contributed by atoms with Crippen molar-refractivity contribution in [3.8, 4) is 0 Å². The molecule has 1 atom stereocenters. The Balaban J connectivity index is 0.870. The topological polar surface area (TPSA) is 98.7 Å². The van der Waals surface area contributed by atoms with Crippen LogP contribution in [0.1, 0.15) is 114 Å². The van der Waals surface area contributed by atoms with E-state index in [2.05, 4.69) is 75.3 Å². The first-order valence-electron chi connectivity index (χ1n) is 17.4. The van der Waals surface area contributed by atoms with Crippen molar-refractivity contribution in [3.05, 3.63) is 94.1 Å². The molecule has 1 N–H and O–H groups in total. The minimum Gasteiger partial charge on any atom is -0.322 e. The fourth-order valence-corrected chi connectivity index (χ4v) is 7.80. The summed E-state index contributed by atoms with van der Waals surface area (Å²) in [7, 11) is 0. The Morgan fingerprint density at radius 3 is 2.04 bits per heavy atom. The molecule has 3 fully saturated rings. The van der Waals surface area contributed by atoms with Gasteiger partial charge in [0.2, 0.25) is 11.8 Å². The summed E-state index contributed by atoms with van der Waals surface area (Å²) in [5.74, 6) is 1.73. The molecule has 1 unspecified atom stereocenters. The molecule has 5 heterocycles. The minimum absolute atomic E-state index is 0.106. The van der Waals surface area contributed by atoms with Crippen molar-refractivity contribution >= 4 is 17.7 Å². The first-order chi connectivity index (χ1) is 22.8. The molecule has 9 nitrogen and oxygen atoms in total. The molecule has 0 spiro atoms. The zero-order chi connectivity index (χ0) is 32.5. The highest BCUT2D eigenvalue weighted by molar-refractivity contribution is 6.05.